The van der Waals surface area contributed by atoms with E-state index in [4.69, 9.17) is 14.2 Å². The second-order valence-corrected chi connectivity index (χ2v) is 19.1. The van der Waals surface area contributed by atoms with Crippen molar-refractivity contribution in [3.63, 3.8) is 0 Å². The Morgan fingerprint density at radius 1 is 0.492 bits per heavy atom. The van der Waals surface area contributed by atoms with E-state index in [1.807, 2.05) is 21.1 Å². The topological polar surface area (TPSA) is 99.1 Å². The van der Waals surface area contributed by atoms with Gasteiger partial charge < -0.3 is 23.8 Å². The fraction of sp³-hybridized carbons (Fsp3) is 0.836. The van der Waals surface area contributed by atoms with Crippen LogP contribution in [0.3, 0.4) is 0 Å². The zero-order valence-corrected chi connectivity index (χ0v) is 42.0. The summed E-state index contributed by atoms with van der Waals surface area (Å²) in [6.07, 6.45) is 54.9. The van der Waals surface area contributed by atoms with E-state index < -0.39 is 18.1 Å². The Morgan fingerprint density at radius 2 is 0.889 bits per heavy atom. The molecule has 0 amide bonds. The minimum absolute atomic E-state index is 0.0529. The van der Waals surface area contributed by atoms with Gasteiger partial charge in [0.1, 0.15) is 6.61 Å². The molecule has 0 rings (SSSR count). The minimum Gasteiger partial charge on any atom is -0.477 e. The SMILES string of the molecule is CC/C=C/C/C=C/C/C=C/CCCCCCCCC(=O)OC(COCCC(C(=O)O)[N+](C)(C)C)COC(=O)CCCCCCCCCCCCCCCCCCCCCCCCC. The maximum atomic E-state index is 12.8. The average Bonchev–Trinajstić information content (AvgIpc) is 3.24. The highest BCUT2D eigenvalue weighted by Gasteiger charge is 2.31. The van der Waals surface area contributed by atoms with E-state index in [1.54, 1.807) is 0 Å². The molecule has 8 heteroatoms. The molecule has 0 bridgehead atoms. The lowest BCUT2D eigenvalue weighted by Crippen LogP contribution is -2.50. The Bertz CT molecular complexity index is 1130. The maximum absolute atomic E-state index is 12.8. The summed E-state index contributed by atoms with van der Waals surface area (Å²) in [6.45, 7) is 4.65. The Balaban J connectivity index is 4.16. The lowest BCUT2D eigenvalue weighted by Gasteiger charge is -2.31. The maximum Gasteiger partial charge on any atom is 0.362 e. The summed E-state index contributed by atoms with van der Waals surface area (Å²) in [6, 6.07) is -0.616. The number of hydrogen-bond donors (Lipinski definition) is 1. The molecular formula is C55H102NO7+. The quantitative estimate of drug-likeness (QED) is 0.0281. The molecule has 1 N–H and O–H groups in total. The van der Waals surface area contributed by atoms with Gasteiger partial charge in [-0.2, -0.15) is 0 Å². The predicted octanol–water partition coefficient (Wildman–Crippen LogP) is 15.4. The van der Waals surface area contributed by atoms with Crippen LogP contribution in [-0.2, 0) is 28.6 Å². The van der Waals surface area contributed by atoms with Crippen LogP contribution in [0.4, 0.5) is 0 Å². The van der Waals surface area contributed by atoms with Crippen LogP contribution in [0.25, 0.3) is 0 Å². The summed E-state index contributed by atoms with van der Waals surface area (Å²) in [5, 5.41) is 9.65. The van der Waals surface area contributed by atoms with Gasteiger partial charge in [-0.3, -0.25) is 9.59 Å². The highest BCUT2D eigenvalue weighted by atomic mass is 16.6. The zero-order chi connectivity index (χ0) is 46.3. The van der Waals surface area contributed by atoms with Crippen LogP contribution < -0.4 is 0 Å². The van der Waals surface area contributed by atoms with E-state index in [-0.39, 0.29) is 36.2 Å². The Kier molecular flexibility index (Phi) is 44.3. The molecule has 8 nitrogen and oxygen atoms in total. The van der Waals surface area contributed by atoms with Crippen molar-refractivity contribution < 1.29 is 38.2 Å². The molecule has 0 aliphatic rings. The highest BCUT2D eigenvalue weighted by molar-refractivity contribution is 5.72. The number of carbonyl (C=O) groups is 3. The molecule has 0 saturated heterocycles. The number of ether oxygens (including phenoxy) is 3. The number of allylic oxidation sites excluding steroid dienone is 6. The first kappa shape index (κ1) is 60.5. The van der Waals surface area contributed by atoms with E-state index in [9.17, 15) is 19.5 Å². The normalized spacial score (nSPS) is 13.1. The van der Waals surface area contributed by atoms with Crippen molar-refractivity contribution in [2.75, 3.05) is 41.0 Å². The third-order valence-corrected chi connectivity index (χ3v) is 12.1. The van der Waals surface area contributed by atoms with E-state index in [0.717, 1.165) is 70.6 Å². The lowest BCUT2D eigenvalue weighted by atomic mass is 10.0. The molecule has 0 radical (unpaired) electrons. The molecule has 0 fully saturated rings. The summed E-state index contributed by atoms with van der Waals surface area (Å²) in [4.78, 5) is 37.2. The van der Waals surface area contributed by atoms with Crippen LogP contribution in [0.2, 0.25) is 0 Å². The van der Waals surface area contributed by atoms with Gasteiger partial charge in [0.2, 0.25) is 0 Å². The number of carboxylic acid groups (broad SMARTS) is 1. The van der Waals surface area contributed by atoms with Gasteiger partial charge in [-0.1, -0.05) is 217 Å². The monoisotopic (exact) mass is 889 g/mol. The van der Waals surface area contributed by atoms with Gasteiger partial charge in [-0.05, 0) is 44.9 Å². The van der Waals surface area contributed by atoms with Gasteiger partial charge in [0.05, 0.1) is 34.4 Å². The van der Waals surface area contributed by atoms with Crippen molar-refractivity contribution in [2.24, 2.45) is 0 Å². The molecule has 0 saturated carbocycles. The number of carbonyl (C=O) groups excluding carboxylic acids is 2. The van der Waals surface area contributed by atoms with Gasteiger partial charge in [0, 0.05) is 19.3 Å². The Morgan fingerprint density at radius 3 is 1.32 bits per heavy atom. The molecular weight excluding hydrogens is 787 g/mol. The number of carboxylic acids is 1. The molecule has 0 aliphatic carbocycles. The second kappa shape index (κ2) is 46.1. The first-order chi connectivity index (χ1) is 30.6. The summed E-state index contributed by atoms with van der Waals surface area (Å²) in [7, 11) is 5.54. The van der Waals surface area contributed by atoms with Crippen molar-refractivity contribution in [3.8, 4) is 0 Å². The van der Waals surface area contributed by atoms with E-state index in [0.29, 0.717) is 19.3 Å². The van der Waals surface area contributed by atoms with Gasteiger partial charge in [0.15, 0.2) is 12.1 Å². The van der Waals surface area contributed by atoms with Crippen LogP contribution in [0.5, 0.6) is 0 Å². The summed E-state index contributed by atoms with van der Waals surface area (Å²) in [5.74, 6) is -1.47. The number of esters is 2. The van der Waals surface area contributed by atoms with Crippen LogP contribution >= 0.6 is 0 Å². The molecule has 368 valence electrons. The van der Waals surface area contributed by atoms with Crippen LogP contribution in [0, 0.1) is 0 Å². The van der Waals surface area contributed by atoms with Gasteiger partial charge >= 0.3 is 17.9 Å². The van der Waals surface area contributed by atoms with Gasteiger partial charge in [-0.25, -0.2) is 4.79 Å². The lowest BCUT2D eigenvalue weighted by molar-refractivity contribution is -0.887. The molecule has 0 aromatic rings. The highest BCUT2D eigenvalue weighted by Crippen LogP contribution is 2.17. The average molecular weight is 889 g/mol. The number of quaternary nitrogens is 1. The first-order valence-electron chi connectivity index (χ1n) is 26.5. The van der Waals surface area contributed by atoms with Crippen molar-refractivity contribution in [1.29, 1.82) is 0 Å². The smallest absolute Gasteiger partial charge is 0.362 e. The van der Waals surface area contributed by atoms with Crippen molar-refractivity contribution in [3.05, 3.63) is 36.5 Å². The number of unbranched alkanes of at least 4 members (excludes halogenated alkanes) is 28. The molecule has 0 aromatic heterocycles. The molecule has 2 atom stereocenters. The number of aliphatic carboxylic acids is 1. The molecule has 0 aromatic carbocycles. The number of nitrogens with zero attached hydrogens (tertiary/aromatic N) is 1. The fourth-order valence-corrected chi connectivity index (χ4v) is 7.99. The van der Waals surface area contributed by atoms with Crippen LogP contribution in [0.1, 0.15) is 245 Å². The van der Waals surface area contributed by atoms with Gasteiger partial charge in [-0.15, -0.1) is 0 Å². The van der Waals surface area contributed by atoms with Crippen molar-refractivity contribution in [2.45, 2.75) is 257 Å². The predicted molar refractivity (Wildman–Crippen MR) is 266 cm³/mol. The van der Waals surface area contributed by atoms with E-state index >= 15 is 0 Å². The van der Waals surface area contributed by atoms with Crippen molar-refractivity contribution >= 4 is 17.9 Å². The zero-order valence-electron chi connectivity index (χ0n) is 42.0. The van der Waals surface area contributed by atoms with Crippen LogP contribution in [0.15, 0.2) is 36.5 Å². The molecule has 63 heavy (non-hydrogen) atoms. The fourth-order valence-electron chi connectivity index (χ4n) is 7.99. The third-order valence-electron chi connectivity index (χ3n) is 12.1. The molecule has 0 spiro atoms. The van der Waals surface area contributed by atoms with E-state index in [2.05, 4.69) is 50.3 Å². The number of likely N-dealkylation sites (N-methyl/N-ethyl adjacent to an activating group) is 1. The largest absolute Gasteiger partial charge is 0.477 e. The third kappa shape index (κ3) is 44.5. The Labute approximate surface area is 389 Å². The summed E-state index contributed by atoms with van der Waals surface area (Å²) >= 11 is 0. The molecule has 2 unspecified atom stereocenters. The van der Waals surface area contributed by atoms with Crippen molar-refractivity contribution in [1.82, 2.24) is 0 Å². The second-order valence-electron chi connectivity index (χ2n) is 19.1. The molecule has 0 heterocycles. The summed E-state index contributed by atoms with van der Waals surface area (Å²) in [5.41, 5.74) is 0. The first-order valence-corrected chi connectivity index (χ1v) is 26.5. The number of hydrogen-bond acceptors (Lipinski definition) is 6. The standard InChI is InChI=1S/C55H101NO7/c1-6-8-10-12-14-16-18-20-22-24-25-26-27-28-29-30-32-33-35-37-39-41-43-45-53(57)62-50-51(49-61-48-47-52(55(59)60)56(3,4)5)63-54(58)46-44-42-40-38-36-34-31-23-21-19-17-15-13-11-9-7-2/h9,11,15,17,21,23,51-52H,6-8,10,12-14,16,18-20,22,24-50H2,1-5H3/p+1/b11-9+,17-15+,23-21+. The summed E-state index contributed by atoms with van der Waals surface area (Å²) < 4.78 is 17.4. The molecule has 0 aliphatic heterocycles. The van der Waals surface area contributed by atoms with Gasteiger partial charge in [0.25, 0.3) is 0 Å². The Hall–Kier alpha value is -2.45. The number of rotatable bonds is 48. The minimum atomic E-state index is -0.875. The van der Waals surface area contributed by atoms with Crippen LogP contribution in [-0.4, -0.2) is 80.6 Å². The van der Waals surface area contributed by atoms with E-state index in [1.165, 1.54) is 141 Å².